The summed E-state index contributed by atoms with van der Waals surface area (Å²) >= 11 is 0. The van der Waals surface area contributed by atoms with Crippen LogP contribution < -0.4 is 19.7 Å². The zero-order valence-electron chi connectivity index (χ0n) is 13.8. The van der Waals surface area contributed by atoms with Crippen LogP contribution in [0.15, 0.2) is 12.1 Å². The number of hydrogen-bond donors (Lipinski definition) is 1. The number of methoxy groups -OCH3 is 2. The van der Waals surface area contributed by atoms with Gasteiger partial charge in [-0.3, -0.25) is 4.90 Å². The van der Waals surface area contributed by atoms with Crippen LogP contribution in [-0.4, -0.2) is 33.8 Å². The molecule has 1 rings (SSSR count). The van der Waals surface area contributed by atoms with E-state index < -0.39 is 0 Å². The summed E-state index contributed by atoms with van der Waals surface area (Å²) in [4.78, 5) is 13.9. The lowest BCUT2D eigenvalue weighted by Gasteiger charge is -2.27. The molecule has 5 heteroatoms. The number of nitrogens with zero attached hydrogens (tertiary/aromatic N) is 1. The highest BCUT2D eigenvalue weighted by molar-refractivity contribution is 5.95. The summed E-state index contributed by atoms with van der Waals surface area (Å²) < 4.78 is 10.9. The van der Waals surface area contributed by atoms with Crippen LogP contribution in [0.3, 0.4) is 0 Å². The SMILES string of the molecule is CNC(=O)N(CCC(C)C)c1c(OC)cc(C)cc1OC. The van der Waals surface area contributed by atoms with E-state index in [0.29, 0.717) is 29.6 Å². The van der Waals surface area contributed by atoms with Crippen molar-refractivity contribution in [1.29, 1.82) is 0 Å². The van der Waals surface area contributed by atoms with Crippen molar-refractivity contribution in [2.24, 2.45) is 5.92 Å². The fourth-order valence-electron chi connectivity index (χ4n) is 2.13. The van der Waals surface area contributed by atoms with E-state index in [9.17, 15) is 4.79 Å². The second-order valence-corrected chi connectivity index (χ2v) is 5.41. The number of aryl methyl sites for hydroxylation is 1. The summed E-state index contributed by atoms with van der Waals surface area (Å²) in [5.41, 5.74) is 1.69. The number of rotatable bonds is 6. The minimum Gasteiger partial charge on any atom is -0.494 e. The van der Waals surface area contributed by atoms with E-state index in [0.717, 1.165) is 12.0 Å². The summed E-state index contributed by atoms with van der Waals surface area (Å²) in [6.07, 6.45) is 0.896. The quantitative estimate of drug-likeness (QED) is 0.876. The van der Waals surface area contributed by atoms with Crippen LogP contribution in [0.1, 0.15) is 25.8 Å². The van der Waals surface area contributed by atoms with E-state index >= 15 is 0 Å². The van der Waals surface area contributed by atoms with Crippen molar-refractivity contribution in [2.45, 2.75) is 27.2 Å². The van der Waals surface area contributed by atoms with Gasteiger partial charge in [-0.25, -0.2) is 4.79 Å². The summed E-state index contributed by atoms with van der Waals surface area (Å²) in [6, 6.07) is 3.64. The number of ether oxygens (including phenoxy) is 2. The van der Waals surface area contributed by atoms with Crippen molar-refractivity contribution < 1.29 is 14.3 Å². The molecule has 0 unspecified atom stereocenters. The van der Waals surface area contributed by atoms with Crippen LogP contribution in [0.4, 0.5) is 10.5 Å². The van der Waals surface area contributed by atoms with Crippen LogP contribution in [-0.2, 0) is 0 Å². The number of nitrogens with one attached hydrogen (secondary N) is 1. The number of anilines is 1. The molecule has 0 fully saturated rings. The Kier molecular flexibility index (Phi) is 6.34. The molecule has 118 valence electrons. The molecule has 0 aliphatic heterocycles. The average molecular weight is 294 g/mol. The summed E-state index contributed by atoms with van der Waals surface area (Å²) in [5, 5.41) is 2.68. The lowest BCUT2D eigenvalue weighted by atomic mass is 10.1. The Hall–Kier alpha value is -1.91. The molecular weight excluding hydrogens is 268 g/mol. The van der Waals surface area contributed by atoms with Crippen molar-refractivity contribution >= 4 is 11.7 Å². The van der Waals surface area contributed by atoms with Gasteiger partial charge in [0.25, 0.3) is 0 Å². The molecule has 1 N–H and O–H groups in total. The molecule has 0 aromatic heterocycles. The van der Waals surface area contributed by atoms with E-state index in [1.807, 2.05) is 19.1 Å². The maximum Gasteiger partial charge on any atom is 0.321 e. The molecule has 0 saturated heterocycles. The standard InChI is InChI=1S/C16H26N2O3/c1-11(2)7-8-18(16(19)17-4)15-13(20-5)9-12(3)10-14(15)21-6/h9-11H,7-8H2,1-6H3,(H,17,19). The van der Waals surface area contributed by atoms with E-state index in [1.165, 1.54) is 0 Å². The zero-order valence-corrected chi connectivity index (χ0v) is 13.8. The third kappa shape index (κ3) is 4.28. The van der Waals surface area contributed by atoms with Gasteiger partial charge in [-0.1, -0.05) is 13.8 Å². The van der Waals surface area contributed by atoms with E-state index in [2.05, 4.69) is 19.2 Å². The highest BCUT2D eigenvalue weighted by Gasteiger charge is 2.23. The Morgan fingerprint density at radius 1 is 1.24 bits per heavy atom. The van der Waals surface area contributed by atoms with Gasteiger partial charge < -0.3 is 14.8 Å². The second-order valence-electron chi connectivity index (χ2n) is 5.41. The Morgan fingerprint density at radius 3 is 2.14 bits per heavy atom. The largest absolute Gasteiger partial charge is 0.494 e. The molecule has 0 atom stereocenters. The molecule has 2 amide bonds. The van der Waals surface area contributed by atoms with Gasteiger partial charge in [0.05, 0.1) is 14.2 Å². The second kappa shape index (κ2) is 7.76. The molecule has 5 nitrogen and oxygen atoms in total. The van der Waals surface area contributed by atoms with Crippen molar-refractivity contribution in [2.75, 3.05) is 32.7 Å². The number of carbonyl (C=O) groups excluding carboxylic acids is 1. The first kappa shape index (κ1) is 17.1. The van der Waals surface area contributed by atoms with Crippen LogP contribution in [0, 0.1) is 12.8 Å². The smallest absolute Gasteiger partial charge is 0.321 e. The first-order valence-electron chi connectivity index (χ1n) is 7.16. The predicted molar refractivity (Wildman–Crippen MR) is 85.5 cm³/mol. The normalized spacial score (nSPS) is 10.4. The maximum absolute atomic E-state index is 12.2. The van der Waals surface area contributed by atoms with E-state index in [4.69, 9.17) is 9.47 Å². The Morgan fingerprint density at radius 2 is 1.76 bits per heavy atom. The van der Waals surface area contributed by atoms with Gasteiger partial charge in [-0.2, -0.15) is 0 Å². The fraction of sp³-hybridized carbons (Fsp3) is 0.562. The summed E-state index contributed by atoms with van der Waals surface area (Å²) in [7, 11) is 4.82. The third-order valence-electron chi connectivity index (χ3n) is 3.28. The highest BCUT2D eigenvalue weighted by Crippen LogP contribution is 2.39. The minimum absolute atomic E-state index is 0.170. The van der Waals surface area contributed by atoms with Gasteiger partial charge in [0, 0.05) is 13.6 Å². The van der Waals surface area contributed by atoms with Gasteiger partial charge in [0.1, 0.15) is 17.2 Å². The number of amides is 2. The van der Waals surface area contributed by atoms with Crippen molar-refractivity contribution in [1.82, 2.24) is 5.32 Å². The first-order valence-corrected chi connectivity index (χ1v) is 7.16. The Bertz CT molecular complexity index is 461. The predicted octanol–water partition coefficient (Wildman–Crippen LogP) is 3.20. The molecule has 1 aromatic carbocycles. The lowest BCUT2D eigenvalue weighted by molar-refractivity contribution is 0.247. The van der Waals surface area contributed by atoms with E-state index in [1.54, 1.807) is 26.2 Å². The minimum atomic E-state index is -0.170. The van der Waals surface area contributed by atoms with Crippen LogP contribution in [0.5, 0.6) is 11.5 Å². The topological polar surface area (TPSA) is 50.8 Å². The number of benzene rings is 1. The molecular formula is C16H26N2O3. The third-order valence-corrected chi connectivity index (χ3v) is 3.28. The Balaban J connectivity index is 3.30. The Labute approximate surface area is 127 Å². The molecule has 0 aliphatic rings. The zero-order chi connectivity index (χ0) is 16.0. The van der Waals surface area contributed by atoms with E-state index in [-0.39, 0.29) is 6.03 Å². The molecule has 0 heterocycles. The number of carbonyl (C=O) groups is 1. The van der Waals surface area contributed by atoms with Gasteiger partial charge >= 0.3 is 6.03 Å². The van der Waals surface area contributed by atoms with Crippen molar-refractivity contribution in [3.63, 3.8) is 0 Å². The van der Waals surface area contributed by atoms with Gasteiger partial charge in [0.15, 0.2) is 0 Å². The molecule has 0 radical (unpaired) electrons. The molecule has 1 aromatic rings. The van der Waals surface area contributed by atoms with Crippen LogP contribution >= 0.6 is 0 Å². The first-order chi connectivity index (χ1) is 9.94. The maximum atomic E-state index is 12.2. The summed E-state index contributed by atoms with van der Waals surface area (Å²) in [6.45, 7) is 6.83. The molecule has 0 bridgehead atoms. The molecule has 0 spiro atoms. The highest BCUT2D eigenvalue weighted by atomic mass is 16.5. The lowest BCUT2D eigenvalue weighted by Crippen LogP contribution is -2.39. The monoisotopic (exact) mass is 294 g/mol. The van der Waals surface area contributed by atoms with Gasteiger partial charge in [-0.15, -0.1) is 0 Å². The van der Waals surface area contributed by atoms with Gasteiger partial charge in [-0.05, 0) is 37.0 Å². The van der Waals surface area contributed by atoms with Gasteiger partial charge in [0.2, 0.25) is 0 Å². The summed E-state index contributed by atoms with van der Waals surface area (Å²) in [5.74, 6) is 1.78. The number of hydrogen-bond acceptors (Lipinski definition) is 3. The van der Waals surface area contributed by atoms with Crippen molar-refractivity contribution in [3.05, 3.63) is 17.7 Å². The average Bonchev–Trinajstić information content (AvgIpc) is 2.46. The molecule has 0 aliphatic carbocycles. The van der Waals surface area contributed by atoms with Crippen molar-refractivity contribution in [3.8, 4) is 11.5 Å². The van der Waals surface area contributed by atoms with Crippen LogP contribution in [0.25, 0.3) is 0 Å². The van der Waals surface area contributed by atoms with Crippen LogP contribution in [0.2, 0.25) is 0 Å². The fourth-order valence-corrected chi connectivity index (χ4v) is 2.13. The molecule has 0 saturated carbocycles. The molecule has 21 heavy (non-hydrogen) atoms. The number of urea groups is 1.